The van der Waals surface area contributed by atoms with Crippen molar-refractivity contribution in [2.45, 2.75) is 18.9 Å². The van der Waals surface area contributed by atoms with E-state index in [1.54, 1.807) is 7.11 Å². The van der Waals surface area contributed by atoms with Crippen LogP contribution in [0.2, 0.25) is 0 Å². The average molecular weight is 184 g/mol. The van der Waals surface area contributed by atoms with E-state index in [9.17, 15) is 0 Å². The van der Waals surface area contributed by atoms with E-state index in [1.807, 2.05) is 0 Å². The number of nitrogens with zero attached hydrogens (tertiary/aromatic N) is 2. The third kappa shape index (κ3) is 2.00. The van der Waals surface area contributed by atoms with Gasteiger partial charge in [-0.05, 0) is 12.8 Å². The van der Waals surface area contributed by atoms with Crippen molar-refractivity contribution < 1.29 is 9.47 Å². The molecule has 74 valence electrons. The van der Waals surface area contributed by atoms with Crippen LogP contribution in [0.3, 0.4) is 0 Å². The molecule has 2 aliphatic heterocycles. The van der Waals surface area contributed by atoms with Crippen LogP contribution >= 0.6 is 0 Å². The van der Waals surface area contributed by atoms with Gasteiger partial charge in [-0.2, -0.15) is 5.10 Å². The Labute approximate surface area is 78.5 Å². The molecule has 4 nitrogen and oxygen atoms in total. The lowest BCUT2D eigenvalue weighted by molar-refractivity contribution is 0.110. The van der Waals surface area contributed by atoms with E-state index in [1.165, 1.54) is 18.6 Å². The Kier molecular flexibility index (Phi) is 2.80. The van der Waals surface area contributed by atoms with Gasteiger partial charge in [0.05, 0.1) is 31.6 Å². The van der Waals surface area contributed by atoms with E-state index >= 15 is 0 Å². The molecule has 0 bridgehead atoms. The number of hydrogen-bond donors (Lipinski definition) is 0. The Morgan fingerprint density at radius 3 is 3.08 bits per heavy atom. The molecule has 2 aliphatic rings. The van der Waals surface area contributed by atoms with Crippen LogP contribution < -0.4 is 0 Å². The van der Waals surface area contributed by atoms with Crippen LogP contribution in [0.1, 0.15) is 12.8 Å². The summed E-state index contributed by atoms with van der Waals surface area (Å²) in [5.74, 6) is 0. The minimum Gasteiger partial charge on any atom is -0.382 e. The lowest BCUT2D eigenvalue weighted by Gasteiger charge is -2.25. The van der Waals surface area contributed by atoms with Gasteiger partial charge in [0.25, 0.3) is 0 Å². The van der Waals surface area contributed by atoms with E-state index in [0.717, 1.165) is 26.4 Å². The van der Waals surface area contributed by atoms with Crippen molar-refractivity contribution in [3.8, 4) is 0 Å². The lowest BCUT2D eigenvalue weighted by Crippen LogP contribution is -2.35. The van der Waals surface area contributed by atoms with E-state index in [-0.39, 0.29) is 0 Å². The Bertz CT molecular complexity index is 200. The van der Waals surface area contributed by atoms with Crippen LogP contribution in [0.4, 0.5) is 0 Å². The van der Waals surface area contributed by atoms with Crippen LogP contribution in [0.15, 0.2) is 5.10 Å². The fourth-order valence-electron chi connectivity index (χ4n) is 1.75. The zero-order valence-electron chi connectivity index (χ0n) is 8.03. The maximum absolute atomic E-state index is 5.15. The fourth-order valence-corrected chi connectivity index (χ4v) is 1.75. The van der Waals surface area contributed by atoms with Crippen molar-refractivity contribution in [1.82, 2.24) is 5.01 Å². The Balaban J connectivity index is 1.89. The van der Waals surface area contributed by atoms with E-state index in [4.69, 9.17) is 9.47 Å². The molecule has 0 amide bonds. The maximum Gasteiger partial charge on any atom is 0.0895 e. The SMILES string of the molecule is COC[C@@H]1CCCN1N=C1COC1. The van der Waals surface area contributed by atoms with Gasteiger partial charge in [0, 0.05) is 13.7 Å². The van der Waals surface area contributed by atoms with Crippen molar-refractivity contribution in [3.63, 3.8) is 0 Å². The van der Waals surface area contributed by atoms with Gasteiger partial charge in [-0.1, -0.05) is 0 Å². The summed E-state index contributed by atoms with van der Waals surface area (Å²) in [5, 5.41) is 6.68. The topological polar surface area (TPSA) is 34.1 Å². The van der Waals surface area contributed by atoms with Crippen molar-refractivity contribution in [1.29, 1.82) is 0 Å². The van der Waals surface area contributed by atoms with Gasteiger partial charge in [0.1, 0.15) is 0 Å². The summed E-state index contributed by atoms with van der Waals surface area (Å²) >= 11 is 0. The number of rotatable bonds is 3. The second-order valence-electron chi connectivity index (χ2n) is 3.57. The molecule has 2 rings (SSSR count). The lowest BCUT2D eigenvalue weighted by atomic mass is 10.2. The molecule has 1 atom stereocenters. The first-order chi connectivity index (χ1) is 6.40. The highest BCUT2D eigenvalue weighted by Crippen LogP contribution is 2.18. The zero-order chi connectivity index (χ0) is 9.10. The van der Waals surface area contributed by atoms with Crippen LogP contribution in [0.25, 0.3) is 0 Å². The van der Waals surface area contributed by atoms with Crippen LogP contribution in [-0.2, 0) is 9.47 Å². The molecular weight excluding hydrogens is 168 g/mol. The van der Waals surface area contributed by atoms with Gasteiger partial charge in [-0.15, -0.1) is 0 Å². The molecule has 2 heterocycles. The average Bonchev–Trinajstić information content (AvgIpc) is 2.46. The molecule has 0 aromatic rings. The van der Waals surface area contributed by atoms with Gasteiger partial charge < -0.3 is 9.47 Å². The third-order valence-electron chi connectivity index (χ3n) is 2.51. The molecule has 0 aromatic heterocycles. The summed E-state index contributed by atoms with van der Waals surface area (Å²) in [6.45, 7) is 3.29. The molecule has 0 aromatic carbocycles. The van der Waals surface area contributed by atoms with Gasteiger partial charge >= 0.3 is 0 Å². The third-order valence-corrected chi connectivity index (χ3v) is 2.51. The number of ether oxygens (including phenoxy) is 2. The second kappa shape index (κ2) is 4.07. The Hall–Kier alpha value is -0.610. The van der Waals surface area contributed by atoms with Gasteiger partial charge in [-0.3, -0.25) is 5.01 Å². The predicted octanol–water partition coefficient (Wildman–Crippen LogP) is 0.483. The summed E-state index contributed by atoms with van der Waals surface area (Å²) in [6, 6.07) is 0.484. The Morgan fingerprint density at radius 1 is 1.62 bits per heavy atom. The quantitative estimate of drug-likeness (QED) is 0.640. The number of hydrazone groups is 1. The largest absolute Gasteiger partial charge is 0.382 e. The van der Waals surface area contributed by atoms with E-state index < -0.39 is 0 Å². The highest BCUT2D eigenvalue weighted by molar-refractivity contribution is 5.90. The first-order valence-electron chi connectivity index (χ1n) is 4.80. The molecule has 0 N–H and O–H groups in total. The summed E-state index contributed by atoms with van der Waals surface area (Å²) < 4.78 is 10.2. The minimum atomic E-state index is 0.484. The van der Waals surface area contributed by atoms with Crippen LogP contribution in [0, 0.1) is 0 Å². The zero-order valence-corrected chi connectivity index (χ0v) is 8.03. The Morgan fingerprint density at radius 2 is 2.46 bits per heavy atom. The number of hydrogen-bond acceptors (Lipinski definition) is 4. The molecular formula is C9H16N2O2. The van der Waals surface area contributed by atoms with E-state index in [0.29, 0.717) is 6.04 Å². The molecule has 0 saturated carbocycles. The maximum atomic E-state index is 5.15. The van der Waals surface area contributed by atoms with E-state index in [2.05, 4.69) is 10.1 Å². The molecule has 0 unspecified atom stereocenters. The van der Waals surface area contributed by atoms with Gasteiger partial charge in [-0.25, -0.2) is 0 Å². The molecule has 4 heteroatoms. The molecule has 2 fully saturated rings. The molecule has 2 saturated heterocycles. The molecule has 13 heavy (non-hydrogen) atoms. The standard InChI is InChI=1S/C9H16N2O2/c1-12-7-9-3-2-4-11(9)10-8-5-13-6-8/h9H,2-7H2,1H3/t9-/m0/s1. The smallest absolute Gasteiger partial charge is 0.0895 e. The predicted molar refractivity (Wildman–Crippen MR) is 49.9 cm³/mol. The van der Waals surface area contributed by atoms with Gasteiger partial charge in [0.15, 0.2) is 0 Å². The molecule has 0 aliphatic carbocycles. The fraction of sp³-hybridized carbons (Fsp3) is 0.889. The highest BCUT2D eigenvalue weighted by atomic mass is 16.5. The highest BCUT2D eigenvalue weighted by Gasteiger charge is 2.24. The summed E-state index contributed by atoms with van der Waals surface area (Å²) in [7, 11) is 1.75. The normalized spacial score (nSPS) is 27.6. The minimum absolute atomic E-state index is 0.484. The summed E-state index contributed by atoms with van der Waals surface area (Å²) in [5.41, 5.74) is 1.17. The summed E-state index contributed by atoms with van der Waals surface area (Å²) in [6.07, 6.45) is 2.43. The van der Waals surface area contributed by atoms with Crippen molar-refractivity contribution in [2.24, 2.45) is 5.10 Å². The monoisotopic (exact) mass is 184 g/mol. The first-order valence-corrected chi connectivity index (χ1v) is 4.80. The van der Waals surface area contributed by atoms with Crippen molar-refractivity contribution in [3.05, 3.63) is 0 Å². The van der Waals surface area contributed by atoms with Crippen molar-refractivity contribution >= 4 is 5.71 Å². The molecule has 0 spiro atoms. The molecule has 0 radical (unpaired) electrons. The first kappa shape index (κ1) is 8.97. The second-order valence-corrected chi connectivity index (χ2v) is 3.57. The number of methoxy groups -OCH3 is 1. The van der Waals surface area contributed by atoms with Crippen molar-refractivity contribution in [2.75, 3.05) is 33.5 Å². The van der Waals surface area contributed by atoms with Crippen LogP contribution in [0.5, 0.6) is 0 Å². The summed E-state index contributed by atoms with van der Waals surface area (Å²) in [4.78, 5) is 0. The van der Waals surface area contributed by atoms with Crippen LogP contribution in [-0.4, -0.2) is 50.2 Å². The van der Waals surface area contributed by atoms with Gasteiger partial charge in [0.2, 0.25) is 0 Å².